The van der Waals surface area contributed by atoms with E-state index >= 15 is 0 Å². The molecule has 0 saturated carbocycles. The SMILES string of the molecule is CCCCCCCCP(=O)([O-])O.[Na+]. The van der Waals surface area contributed by atoms with Gasteiger partial charge in [-0.05, 0) is 6.42 Å². The average molecular weight is 216 g/mol. The first kappa shape index (κ1) is 16.6. The fourth-order valence-electron chi connectivity index (χ4n) is 1.09. The molecule has 0 saturated heterocycles. The van der Waals surface area contributed by atoms with Crippen LogP contribution in [-0.2, 0) is 4.57 Å². The summed E-state index contributed by atoms with van der Waals surface area (Å²) >= 11 is 0. The van der Waals surface area contributed by atoms with Gasteiger partial charge in [-0.15, -0.1) is 0 Å². The van der Waals surface area contributed by atoms with Gasteiger partial charge in [-0.25, -0.2) is 0 Å². The summed E-state index contributed by atoms with van der Waals surface area (Å²) in [5.41, 5.74) is 0. The smallest absolute Gasteiger partial charge is 0.779 e. The van der Waals surface area contributed by atoms with Crippen molar-refractivity contribution < 1.29 is 43.9 Å². The van der Waals surface area contributed by atoms with Crippen molar-refractivity contribution in [3.8, 4) is 0 Å². The fourth-order valence-corrected chi connectivity index (χ4v) is 1.72. The topological polar surface area (TPSA) is 60.4 Å². The van der Waals surface area contributed by atoms with Crippen molar-refractivity contribution in [3.63, 3.8) is 0 Å². The molecule has 0 radical (unpaired) electrons. The summed E-state index contributed by atoms with van der Waals surface area (Å²) in [6.07, 6.45) is 6.11. The number of hydrogen-bond acceptors (Lipinski definition) is 2. The Balaban J connectivity index is 0. The molecule has 0 amide bonds. The van der Waals surface area contributed by atoms with Crippen LogP contribution in [0.3, 0.4) is 0 Å². The van der Waals surface area contributed by atoms with Crippen LogP contribution in [0.1, 0.15) is 45.4 Å². The molecule has 0 rings (SSSR count). The van der Waals surface area contributed by atoms with E-state index in [2.05, 4.69) is 6.92 Å². The third-order valence-electron chi connectivity index (χ3n) is 1.79. The van der Waals surface area contributed by atoms with E-state index in [1.54, 1.807) is 0 Å². The van der Waals surface area contributed by atoms with Gasteiger partial charge in [-0.2, -0.15) is 0 Å². The molecule has 74 valence electrons. The molecule has 0 bridgehead atoms. The van der Waals surface area contributed by atoms with Gasteiger partial charge in [0, 0.05) is 6.16 Å². The Morgan fingerprint density at radius 1 is 1.15 bits per heavy atom. The molecule has 0 aliphatic rings. The van der Waals surface area contributed by atoms with Crippen LogP contribution in [0.5, 0.6) is 0 Å². The second kappa shape index (κ2) is 9.70. The number of unbranched alkanes of at least 4 members (excludes halogenated alkanes) is 5. The first-order chi connectivity index (χ1) is 5.56. The van der Waals surface area contributed by atoms with Gasteiger partial charge in [-0.3, -0.25) is 0 Å². The molecule has 1 atom stereocenters. The van der Waals surface area contributed by atoms with Crippen molar-refractivity contribution in [2.45, 2.75) is 45.4 Å². The van der Waals surface area contributed by atoms with Crippen LogP contribution in [0, 0.1) is 0 Å². The molecule has 0 aromatic rings. The van der Waals surface area contributed by atoms with Gasteiger partial charge in [0.15, 0.2) is 0 Å². The summed E-state index contributed by atoms with van der Waals surface area (Å²) in [6.45, 7) is 2.14. The summed E-state index contributed by atoms with van der Waals surface area (Å²) in [7, 11) is -3.97. The Kier molecular flexibility index (Phi) is 12.4. The zero-order valence-corrected chi connectivity index (χ0v) is 11.6. The molecule has 1 unspecified atom stereocenters. The molecule has 0 fully saturated rings. The van der Waals surface area contributed by atoms with Crippen molar-refractivity contribution in [1.82, 2.24) is 0 Å². The molecule has 1 N–H and O–H groups in total. The van der Waals surface area contributed by atoms with Gasteiger partial charge < -0.3 is 14.4 Å². The van der Waals surface area contributed by atoms with Crippen molar-refractivity contribution in [1.29, 1.82) is 0 Å². The minimum absolute atomic E-state index is 0. The van der Waals surface area contributed by atoms with Crippen molar-refractivity contribution in [3.05, 3.63) is 0 Å². The summed E-state index contributed by atoms with van der Waals surface area (Å²) in [6, 6.07) is 0. The number of hydrogen-bond donors (Lipinski definition) is 1. The third kappa shape index (κ3) is 15.9. The van der Waals surface area contributed by atoms with E-state index in [1.165, 1.54) is 19.3 Å². The standard InChI is InChI=1S/C8H19O3P.Na/c1-2-3-4-5-6-7-8-12(9,10)11;/h2-8H2,1H3,(H2,9,10,11);/q;+1/p-1. The van der Waals surface area contributed by atoms with Crippen LogP contribution in [0.4, 0.5) is 0 Å². The molecule has 5 heteroatoms. The Morgan fingerprint density at radius 2 is 1.62 bits per heavy atom. The van der Waals surface area contributed by atoms with Crippen molar-refractivity contribution >= 4 is 7.60 Å². The average Bonchev–Trinajstić information content (AvgIpc) is 1.94. The maximum Gasteiger partial charge on any atom is 1.00 e. The van der Waals surface area contributed by atoms with E-state index in [0.29, 0.717) is 6.42 Å². The molecule has 0 heterocycles. The van der Waals surface area contributed by atoms with Crippen molar-refractivity contribution in [2.24, 2.45) is 0 Å². The minimum atomic E-state index is -3.97. The maximum atomic E-state index is 10.3. The molecular weight excluding hydrogens is 198 g/mol. The van der Waals surface area contributed by atoms with E-state index in [4.69, 9.17) is 4.89 Å². The van der Waals surface area contributed by atoms with Crippen LogP contribution >= 0.6 is 7.60 Å². The first-order valence-corrected chi connectivity index (χ1v) is 6.35. The number of rotatable bonds is 7. The molecule has 0 aromatic heterocycles. The third-order valence-corrected chi connectivity index (χ3v) is 2.68. The predicted octanol–water partition coefficient (Wildman–Crippen LogP) is -1.10. The molecule has 0 aromatic carbocycles. The first-order valence-electron chi connectivity index (χ1n) is 4.59. The van der Waals surface area contributed by atoms with Gasteiger partial charge in [0.25, 0.3) is 0 Å². The summed E-state index contributed by atoms with van der Waals surface area (Å²) in [5, 5.41) is 0. The Bertz CT molecular complexity index is 146. The second-order valence-electron chi connectivity index (χ2n) is 3.13. The zero-order valence-electron chi connectivity index (χ0n) is 8.66. The summed E-state index contributed by atoms with van der Waals surface area (Å²) < 4.78 is 10.3. The summed E-state index contributed by atoms with van der Waals surface area (Å²) in [5.74, 6) is 0. The molecule has 0 aliphatic carbocycles. The fraction of sp³-hybridized carbons (Fsp3) is 1.00. The van der Waals surface area contributed by atoms with Crippen LogP contribution in [0.2, 0.25) is 0 Å². The quantitative estimate of drug-likeness (QED) is 0.334. The van der Waals surface area contributed by atoms with E-state index in [-0.39, 0.29) is 35.7 Å². The Morgan fingerprint density at radius 3 is 2.08 bits per heavy atom. The van der Waals surface area contributed by atoms with Crippen molar-refractivity contribution in [2.75, 3.05) is 6.16 Å². The molecule has 3 nitrogen and oxygen atoms in total. The zero-order chi connectivity index (χ0) is 9.45. The van der Waals surface area contributed by atoms with E-state index < -0.39 is 7.60 Å². The van der Waals surface area contributed by atoms with Gasteiger partial charge in [0.05, 0.1) is 0 Å². The summed E-state index contributed by atoms with van der Waals surface area (Å²) in [4.78, 5) is 18.7. The Labute approximate surface area is 103 Å². The van der Waals surface area contributed by atoms with Gasteiger partial charge >= 0.3 is 29.6 Å². The molecular formula is C8H18NaO3P. The largest absolute Gasteiger partial charge is 1.00 e. The minimum Gasteiger partial charge on any atom is -0.779 e. The maximum absolute atomic E-state index is 10.3. The van der Waals surface area contributed by atoms with Gasteiger partial charge in [-0.1, -0.05) is 39.0 Å². The normalized spacial score (nSPS) is 14.7. The molecule has 0 spiro atoms. The Hall–Kier alpha value is 1.15. The monoisotopic (exact) mass is 216 g/mol. The second-order valence-corrected chi connectivity index (χ2v) is 4.85. The van der Waals surface area contributed by atoms with Gasteiger partial charge in [0.2, 0.25) is 0 Å². The van der Waals surface area contributed by atoms with E-state index in [1.807, 2.05) is 0 Å². The molecule has 13 heavy (non-hydrogen) atoms. The van der Waals surface area contributed by atoms with E-state index in [9.17, 15) is 9.46 Å². The van der Waals surface area contributed by atoms with E-state index in [0.717, 1.165) is 12.8 Å². The van der Waals surface area contributed by atoms with Gasteiger partial charge in [0.1, 0.15) is 7.60 Å². The van der Waals surface area contributed by atoms with Crippen LogP contribution in [0.15, 0.2) is 0 Å². The molecule has 0 aliphatic heterocycles. The van der Waals surface area contributed by atoms with Crippen LogP contribution in [-0.4, -0.2) is 11.1 Å². The van der Waals surface area contributed by atoms with Crippen LogP contribution < -0.4 is 34.5 Å². The predicted molar refractivity (Wildman–Crippen MR) is 48.1 cm³/mol. The van der Waals surface area contributed by atoms with Crippen LogP contribution in [0.25, 0.3) is 0 Å².